The summed E-state index contributed by atoms with van der Waals surface area (Å²) in [4.78, 5) is 21.8. The zero-order valence-electron chi connectivity index (χ0n) is 16.2. The fraction of sp³-hybridized carbons (Fsp3) is 0.478. The number of aromatic nitrogens is 1. The number of amides is 1. The zero-order chi connectivity index (χ0) is 18.6. The lowest BCUT2D eigenvalue weighted by Crippen LogP contribution is -2.47. The number of hydrogen-bond donors (Lipinski definition) is 0. The highest BCUT2D eigenvalue weighted by Crippen LogP contribution is 2.29. The lowest BCUT2D eigenvalue weighted by atomic mass is 9.94. The van der Waals surface area contributed by atoms with Gasteiger partial charge in [-0.25, -0.2) is 0 Å². The fourth-order valence-corrected chi connectivity index (χ4v) is 4.51. The predicted molar refractivity (Wildman–Crippen MR) is 107 cm³/mol. The van der Waals surface area contributed by atoms with Crippen LogP contribution in [0.25, 0.3) is 0 Å². The smallest absolute Gasteiger partial charge is 0.223 e. The van der Waals surface area contributed by atoms with E-state index in [0.717, 1.165) is 39.0 Å². The molecule has 3 fully saturated rings. The average Bonchev–Trinajstić information content (AvgIpc) is 2.99. The van der Waals surface area contributed by atoms with Crippen LogP contribution in [0.4, 0.5) is 0 Å². The minimum Gasteiger partial charge on any atom is -0.338 e. The Labute approximate surface area is 162 Å². The molecule has 27 heavy (non-hydrogen) atoms. The van der Waals surface area contributed by atoms with E-state index in [9.17, 15) is 4.79 Å². The van der Waals surface area contributed by atoms with Crippen molar-refractivity contribution in [1.82, 2.24) is 14.8 Å². The molecule has 4 nitrogen and oxygen atoms in total. The van der Waals surface area contributed by atoms with Crippen LogP contribution in [-0.4, -0.2) is 46.4 Å². The molecule has 3 saturated heterocycles. The van der Waals surface area contributed by atoms with Crippen LogP contribution < -0.4 is 0 Å². The Balaban J connectivity index is 1.36. The van der Waals surface area contributed by atoms with E-state index in [4.69, 9.17) is 0 Å². The maximum Gasteiger partial charge on any atom is 0.223 e. The highest BCUT2D eigenvalue weighted by Gasteiger charge is 2.36. The topological polar surface area (TPSA) is 36.4 Å². The Morgan fingerprint density at radius 3 is 2.56 bits per heavy atom. The van der Waals surface area contributed by atoms with E-state index in [1.165, 1.54) is 23.1 Å². The number of carbonyl (C=O) groups is 1. The summed E-state index contributed by atoms with van der Waals surface area (Å²) in [5, 5.41) is 0. The Kier molecular flexibility index (Phi) is 5.53. The van der Waals surface area contributed by atoms with Crippen LogP contribution in [0.15, 0.2) is 48.8 Å². The Morgan fingerprint density at radius 1 is 1.00 bits per heavy atom. The second-order valence-electron chi connectivity index (χ2n) is 8.18. The number of pyridine rings is 1. The number of rotatable bonds is 5. The van der Waals surface area contributed by atoms with E-state index < -0.39 is 0 Å². The quantitative estimate of drug-likeness (QED) is 0.816. The molecule has 0 radical (unpaired) electrons. The molecule has 4 heteroatoms. The second-order valence-corrected chi connectivity index (χ2v) is 8.18. The van der Waals surface area contributed by atoms with Gasteiger partial charge in [0.15, 0.2) is 0 Å². The summed E-state index contributed by atoms with van der Waals surface area (Å²) in [6.45, 7) is 6.08. The first-order valence-electron chi connectivity index (χ1n) is 10.1. The number of fused-ring (bicyclic) bond motifs is 4. The summed E-state index contributed by atoms with van der Waals surface area (Å²) in [5.74, 6) is 0.935. The molecule has 3 aliphatic heterocycles. The van der Waals surface area contributed by atoms with Crippen LogP contribution in [0.2, 0.25) is 0 Å². The summed E-state index contributed by atoms with van der Waals surface area (Å²) in [6.07, 6.45) is 7.59. The van der Waals surface area contributed by atoms with E-state index in [1.54, 1.807) is 0 Å². The van der Waals surface area contributed by atoms with Crippen LogP contribution in [0.1, 0.15) is 36.0 Å². The van der Waals surface area contributed by atoms with Gasteiger partial charge < -0.3 is 4.90 Å². The molecule has 2 aromatic rings. The highest BCUT2D eigenvalue weighted by molar-refractivity contribution is 5.77. The van der Waals surface area contributed by atoms with Gasteiger partial charge in [0.1, 0.15) is 0 Å². The molecule has 3 aliphatic rings. The molecule has 0 spiro atoms. The Hall–Kier alpha value is -2.20. The third-order valence-electron chi connectivity index (χ3n) is 6.01. The van der Waals surface area contributed by atoms with Gasteiger partial charge in [-0.3, -0.25) is 14.7 Å². The normalized spacial score (nSPS) is 22.6. The van der Waals surface area contributed by atoms with Gasteiger partial charge in [0.2, 0.25) is 5.91 Å². The molecular weight excluding hydrogens is 334 g/mol. The molecule has 1 aromatic heterocycles. The number of hydrogen-bond acceptors (Lipinski definition) is 3. The van der Waals surface area contributed by atoms with Gasteiger partial charge in [-0.2, -0.15) is 0 Å². The molecule has 0 unspecified atom stereocenters. The predicted octanol–water partition coefficient (Wildman–Crippen LogP) is 3.45. The first-order valence-corrected chi connectivity index (χ1v) is 10.1. The average molecular weight is 364 g/mol. The van der Waals surface area contributed by atoms with Crippen molar-refractivity contribution in [2.45, 2.75) is 45.2 Å². The van der Waals surface area contributed by atoms with Gasteiger partial charge in [0.25, 0.3) is 0 Å². The monoisotopic (exact) mass is 363 g/mol. The molecule has 142 valence electrons. The van der Waals surface area contributed by atoms with E-state index in [1.807, 2.05) is 12.4 Å². The SMILES string of the molecule is Cc1ccc(CCC(=O)N2C[C@H]3CC[C@@H]2CN(Cc2ccncc2)C3)cc1. The van der Waals surface area contributed by atoms with Crippen molar-refractivity contribution in [2.24, 2.45) is 5.92 Å². The van der Waals surface area contributed by atoms with Gasteiger partial charge in [-0.05, 0) is 55.4 Å². The van der Waals surface area contributed by atoms with Crippen LogP contribution in [0.5, 0.6) is 0 Å². The van der Waals surface area contributed by atoms with Gasteiger partial charge >= 0.3 is 0 Å². The molecule has 0 N–H and O–H groups in total. The molecular formula is C23H29N3O. The lowest BCUT2D eigenvalue weighted by molar-refractivity contribution is -0.135. The lowest BCUT2D eigenvalue weighted by Gasteiger charge is -2.36. The van der Waals surface area contributed by atoms with Crippen LogP contribution in [0.3, 0.4) is 0 Å². The van der Waals surface area contributed by atoms with Crippen molar-refractivity contribution in [1.29, 1.82) is 0 Å². The third-order valence-corrected chi connectivity index (χ3v) is 6.01. The van der Waals surface area contributed by atoms with Crippen LogP contribution >= 0.6 is 0 Å². The van der Waals surface area contributed by atoms with Gasteiger partial charge in [0, 0.05) is 51.0 Å². The molecule has 5 rings (SSSR count). The minimum absolute atomic E-state index is 0.330. The fourth-order valence-electron chi connectivity index (χ4n) is 4.51. The summed E-state index contributed by atoms with van der Waals surface area (Å²) >= 11 is 0. The van der Waals surface area contributed by atoms with Crippen molar-refractivity contribution in [3.05, 3.63) is 65.5 Å². The zero-order valence-corrected chi connectivity index (χ0v) is 16.2. The maximum atomic E-state index is 12.9. The minimum atomic E-state index is 0.330. The van der Waals surface area contributed by atoms with Crippen molar-refractivity contribution >= 4 is 5.91 Å². The van der Waals surface area contributed by atoms with Crippen molar-refractivity contribution in [3.8, 4) is 0 Å². The maximum absolute atomic E-state index is 12.9. The summed E-state index contributed by atoms with van der Waals surface area (Å²) in [7, 11) is 0. The molecule has 2 bridgehead atoms. The molecule has 2 atom stereocenters. The number of nitrogens with zero attached hydrogens (tertiary/aromatic N) is 3. The second kappa shape index (κ2) is 8.22. The van der Waals surface area contributed by atoms with Crippen LogP contribution in [0, 0.1) is 12.8 Å². The van der Waals surface area contributed by atoms with Gasteiger partial charge in [-0.1, -0.05) is 29.8 Å². The van der Waals surface area contributed by atoms with E-state index in [-0.39, 0.29) is 0 Å². The molecule has 1 amide bonds. The number of aryl methyl sites for hydroxylation is 2. The Bertz CT molecular complexity index is 759. The summed E-state index contributed by atoms with van der Waals surface area (Å²) < 4.78 is 0. The first-order chi connectivity index (χ1) is 13.2. The standard InChI is InChI=1S/C23H29N3O/c1-18-2-4-19(5-3-18)7-9-23(27)26-16-21-6-8-22(26)17-25(15-21)14-20-10-12-24-13-11-20/h2-5,10-13,21-22H,6-9,14-17H2,1H3/t21-,22+/m0/s1. The first kappa shape index (κ1) is 18.2. The van der Waals surface area contributed by atoms with Crippen molar-refractivity contribution < 1.29 is 4.79 Å². The number of carbonyl (C=O) groups excluding carboxylic acids is 1. The molecule has 4 heterocycles. The van der Waals surface area contributed by atoms with E-state index >= 15 is 0 Å². The van der Waals surface area contributed by atoms with E-state index in [2.05, 4.69) is 58.1 Å². The highest BCUT2D eigenvalue weighted by atomic mass is 16.2. The van der Waals surface area contributed by atoms with Gasteiger partial charge in [-0.15, -0.1) is 0 Å². The molecule has 0 saturated carbocycles. The molecule has 1 aromatic carbocycles. The van der Waals surface area contributed by atoms with Crippen molar-refractivity contribution in [3.63, 3.8) is 0 Å². The van der Waals surface area contributed by atoms with Crippen LogP contribution in [-0.2, 0) is 17.8 Å². The van der Waals surface area contributed by atoms with Crippen molar-refractivity contribution in [2.75, 3.05) is 19.6 Å². The third kappa shape index (κ3) is 4.56. The van der Waals surface area contributed by atoms with E-state index in [0.29, 0.717) is 24.3 Å². The Morgan fingerprint density at radius 2 is 1.78 bits per heavy atom. The summed E-state index contributed by atoms with van der Waals surface area (Å²) in [6, 6.07) is 13.1. The molecule has 0 aliphatic carbocycles. The van der Waals surface area contributed by atoms with Gasteiger partial charge in [0.05, 0.1) is 0 Å². The number of benzene rings is 1. The number of piperidine rings is 1. The largest absolute Gasteiger partial charge is 0.338 e. The summed E-state index contributed by atoms with van der Waals surface area (Å²) in [5.41, 5.74) is 3.83.